The van der Waals surface area contributed by atoms with Crippen molar-refractivity contribution in [3.05, 3.63) is 59.7 Å². The van der Waals surface area contributed by atoms with Crippen molar-refractivity contribution in [3.63, 3.8) is 0 Å². The van der Waals surface area contributed by atoms with Gasteiger partial charge in [0.25, 0.3) is 0 Å². The molecule has 0 aromatic heterocycles. The molecule has 4 nitrogen and oxygen atoms in total. The quantitative estimate of drug-likeness (QED) is 0.824. The number of fused-ring (bicyclic) bond motifs is 1. The van der Waals surface area contributed by atoms with E-state index >= 15 is 0 Å². The maximum Gasteiger partial charge on any atom is 0.231 e. The number of nitrogens with zero attached hydrogens (tertiary/aromatic N) is 1. The van der Waals surface area contributed by atoms with Gasteiger partial charge in [-0.3, -0.25) is 9.69 Å². The fraction of sp³-hybridized carbons (Fsp3) is 0.458. The molecule has 0 saturated heterocycles. The van der Waals surface area contributed by atoms with Gasteiger partial charge in [0, 0.05) is 18.3 Å². The highest BCUT2D eigenvalue weighted by Gasteiger charge is 2.26. The smallest absolute Gasteiger partial charge is 0.231 e. The van der Waals surface area contributed by atoms with E-state index < -0.39 is 0 Å². The third-order valence-electron chi connectivity index (χ3n) is 6.14. The predicted molar refractivity (Wildman–Crippen MR) is 113 cm³/mol. The Morgan fingerprint density at radius 2 is 1.82 bits per heavy atom. The molecule has 148 valence electrons. The highest BCUT2D eigenvalue weighted by molar-refractivity contribution is 5.93. The summed E-state index contributed by atoms with van der Waals surface area (Å²) in [7, 11) is 2.21. The molecule has 0 spiro atoms. The minimum Gasteiger partial charge on any atom is -0.492 e. The molecular formula is C24H30N2O2. The number of rotatable bonds is 5. The normalized spacial score (nSPS) is 19.7. The monoisotopic (exact) mass is 378 g/mol. The molecule has 1 heterocycles. The fourth-order valence-corrected chi connectivity index (χ4v) is 4.43. The SMILES string of the molecule is CN(Cc1ccccc1NC(=O)C1COc2ccccc2C1)C1CCCCC1. The number of carbonyl (C=O) groups is 1. The number of para-hydroxylation sites is 2. The minimum atomic E-state index is -0.154. The highest BCUT2D eigenvalue weighted by Crippen LogP contribution is 2.28. The van der Waals surface area contributed by atoms with Crippen LogP contribution in [0.5, 0.6) is 5.75 Å². The molecule has 2 aliphatic rings. The standard InChI is InChI=1S/C24H30N2O2/c1-26(21-11-3-2-4-12-21)16-19-10-5-7-13-22(19)25-24(27)20-15-18-9-6-8-14-23(18)28-17-20/h5-10,13-14,20-21H,2-4,11-12,15-17H2,1H3,(H,25,27). The van der Waals surface area contributed by atoms with E-state index in [0.29, 0.717) is 12.6 Å². The van der Waals surface area contributed by atoms with Crippen LogP contribution in [-0.2, 0) is 17.8 Å². The zero-order chi connectivity index (χ0) is 19.3. The van der Waals surface area contributed by atoms with Crippen LogP contribution in [0.25, 0.3) is 0 Å². The van der Waals surface area contributed by atoms with Crippen LogP contribution in [0.1, 0.15) is 43.2 Å². The summed E-state index contributed by atoms with van der Waals surface area (Å²) in [4.78, 5) is 15.4. The summed E-state index contributed by atoms with van der Waals surface area (Å²) in [5, 5.41) is 3.17. The van der Waals surface area contributed by atoms with Crippen molar-refractivity contribution in [2.24, 2.45) is 5.92 Å². The molecule has 0 bridgehead atoms. The summed E-state index contributed by atoms with van der Waals surface area (Å²) in [5.74, 6) is 0.794. The lowest BCUT2D eigenvalue weighted by Crippen LogP contribution is -2.34. The Morgan fingerprint density at radius 1 is 1.07 bits per heavy atom. The molecule has 1 saturated carbocycles. The van der Waals surface area contributed by atoms with Gasteiger partial charge in [-0.25, -0.2) is 0 Å². The Hall–Kier alpha value is -2.33. The van der Waals surface area contributed by atoms with Gasteiger partial charge in [0.05, 0.1) is 5.92 Å². The first-order valence-corrected chi connectivity index (χ1v) is 10.5. The van der Waals surface area contributed by atoms with Crippen molar-refractivity contribution < 1.29 is 9.53 Å². The van der Waals surface area contributed by atoms with Gasteiger partial charge in [0.1, 0.15) is 12.4 Å². The van der Waals surface area contributed by atoms with Gasteiger partial charge >= 0.3 is 0 Å². The topological polar surface area (TPSA) is 41.6 Å². The van der Waals surface area contributed by atoms with Crippen LogP contribution >= 0.6 is 0 Å². The lowest BCUT2D eigenvalue weighted by atomic mass is 9.94. The lowest BCUT2D eigenvalue weighted by molar-refractivity contribution is -0.121. The summed E-state index contributed by atoms with van der Waals surface area (Å²) >= 11 is 0. The summed E-state index contributed by atoms with van der Waals surface area (Å²) < 4.78 is 5.80. The summed E-state index contributed by atoms with van der Waals surface area (Å²) in [6.45, 7) is 1.30. The van der Waals surface area contributed by atoms with E-state index in [-0.39, 0.29) is 11.8 Å². The van der Waals surface area contributed by atoms with E-state index in [1.807, 2.05) is 36.4 Å². The molecule has 2 aromatic carbocycles. The van der Waals surface area contributed by atoms with Gasteiger partial charge in [-0.15, -0.1) is 0 Å². The molecule has 1 unspecified atom stereocenters. The molecule has 4 heteroatoms. The molecule has 1 aliphatic carbocycles. The maximum atomic E-state index is 12.9. The molecule has 1 amide bonds. The third kappa shape index (κ3) is 4.39. The Kier molecular flexibility index (Phi) is 5.96. The van der Waals surface area contributed by atoms with E-state index in [1.165, 1.54) is 37.7 Å². The summed E-state index contributed by atoms with van der Waals surface area (Å²) in [6.07, 6.45) is 7.32. The Balaban J connectivity index is 1.41. The number of anilines is 1. The number of benzene rings is 2. The van der Waals surface area contributed by atoms with Gasteiger partial charge in [0.2, 0.25) is 5.91 Å². The van der Waals surface area contributed by atoms with E-state index in [4.69, 9.17) is 4.74 Å². The summed E-state index contributed by atoms with van der Waals surface area (Å²) in [5.41, 5.74) is 3.22. The van der Waals surface area contributed by atoms with Crippen molar-refractivity contribution in [2.45, 2.75) is 51.1 Å². The second-order valence-electron chi connectivity index (χ2n) is 8.17. The van der Waals surface area contributed by atoms with Crippen molar-refractivity contribution in [1.29, 1.82) is 0 Å². The number of amides is 1. The first kappa shape index (κ1) is 19.0. The second kappa shape index (κ2) is 8.78. The largest absolute Gasteiger partial charge is 0.492 e. The van der Waals surface area contributed by atoms with Gasteiger partial charge < -0.3 is 10.1 Å². The third-order valence-corrected chi connectivity index (χ3v) is 6.14. The molecule has 28 heavy (non-hydrogen) atoms. The maximum absolute atomic E-state index is 12.9. The molecule has 1 N–H and O–H groups in total. The van der Waals surface area contributed by atoms with E-state index in [2.05, 4.69) is 29.4 Å². The van der Waals surface area contributed by atoms with Gasteiger partial charge in [-0.2, -0.15) is 0 Å². The van der Waals surface area contributed by atoms with E-state index in [1.54, 1.807) is 0 Å². The van der Waals surface area contributed by atoms with E-state index in [9.17, 15) is 4.79 Å². The fourth-order valence-electron chi connectivity index (χ4n) is 4.43. The van der Waals surface area contributed by atoms with Gasteiger partial charge in [-0.1, -0.05) is 55.7 Å². The molecule has 2 aromatic rings. The Morgan fingerprint density at radius 3 is 2.68 bits per heavy atom. The Bertz CT molecular complexity index is 814. The predicted octanol–water partition coefficient (Wildman–Crippen LogP) is 4.64. The zero-order valence-electron chi connectivity index (χ0n) is 16.7. The number of hydrogen-bond donors (Lipinski definition) is 1. The average Bonchev–Trinajstić information content (AvgIpc) is 2.75. The molecule has 4 rings (SSSR count). The van der Waals surface area contributed by atoms with Crippen molar-refractivity contribution in [2.75, 3.05) is 19.0 Å². The molecular weight excluding hydrogens is 348 g/mol. The van der Waals surface area contributed by atoms with Crippen LogP contribution in [0.4, 0.5) is 5.69 Å². The second-order valence-corrected chi connectivity index (χ2v) is 8.17. The number of hydrogen-bond acceptors (Lipinski definition) is 3. The van der Waals surface area contributed by atoms with E-state index in [0.717, 1.165) is 30.0 Å². The number of carbonyl (C=O) groups excluding carboxylic acids is 1. The Labute approximate surface area is 167 Å². The average molecular weight is 379 g/mol. The van der Waals surface area contributed by atoms with Crippen LogP contribution in [0, 0.1) is 5.92 Å². The van der Waals surface area contributed by atoms with Crippen LogP contribution in [0.15, 0.2) is 48.5 Å². The highest BCUT2D eigenvalue weighted by atomic mass is 16.5. The molecule has 0 radical (unpaired) electrons. The number of nitrogens with one attached hydrogen (secondary N) is 1. The van der Waals surface area contributed by atoms with Crippen LogP contribution in [0.3, 0.4) is 0 Å². The van der Waals surface area contributed by atoms with Crippen molar-refractivity contribution in [1.82, 2.24) is 4.90 Å². The van der Waals surface area contributed by atoms with Crippen LogP contribution < -0.4 is 10.1 Å². The molecule has 1 fully saturated rings. The van der Waals surface area contributed by atoms with Crippen LogP contribution in [0.2, 0.25) is 0 Å². The first-order chi connectivity index (χ1) is 13.7. The first-order valence-electron chi connectivity index (χ1n) is 10.5. The molecule has 1 aliphatic heterocycles. The minimum absolute atomic E-state index is 0.0438. The molecule has 1 atom stereocenters. The van der Waals surface area contributed by atoms with Gasteiger partial charge in [-0.05, 0) is 49.6 Å². The lowest BCUT2D eigenvalue weighted by Gasteiger charge is -2.31. The van der Waals surface area contributed by atoms with Crippen molar-refractivity contribution in [3.8, 4) is 5.75 Å². The van der Waals surface area contributed by atoms with Gasteiger partial charge in [0.15, 0.2) is 0 Å². The zero-order valence-corrected chi connectivity index (χ0v) is 16.7. The summed E-state index contributed by atoms with van der Waals surface area (Å²) in [6, 6.07) is 16.8. The van der Waals surface area contributed by atoms with Crippen LogP contribution in [-0.4, -0.2) is 30.5 Å². The van der Waals surface area contributed by atoms with Crippen molar-refractivity contribution >= 4 is 11.6 Å². The number of ether oxygens (including phenoxy) is 1.